The van der Waals surface area contributed by atoms with Gasteiger partial charge in [0.15, 0.2) is 0 Å². The van der Waals surface area contributed by atoms with E-state index in [-0.39, 0.29) is 10.8 Å². The highest BCUT2D eigenvalue weighted by Gasteiger charge is 2.13. The van der Waals surface area contributed by atoms with Crippen molar-refractivity contribution in [2.45, 2.75) is 13.8 Å². The van der Waals surface area contributed by atoms with Crippen LogP contribution in [0, 0.1) is 12.7 Å². The third-order valence-electron chi connectivity index (χ3n) is 2.79. The highest BCUT2D eigenvalue weighted by atomic mass is 32.1. The molecule has 1 heterocycles. The number of rotatable bonds is 4. The van der Waals surface area contributed by atoms with Crippen LogP contribution in [0.25, 0.3) is 0 Å². The van der Waals surface area contributed by atoms with E-state index in [0.29, 0.717) is 18.2 Å². The van der Waals surface area contributed by atoms with Crippen LogP contribution in [0.4, 0.5) is 16.0 Å². The molecule has 20 heavy (non-hydrogen) atoms. The van der Waals surface area contributed by atoms with E-state index in [1.54, 1.807) is 18.2 Å². The molecule has 0 amide bonds. The fraction of sp³-hybridized carbons (Fsp3) is 0.214. The number of thiocarbonyl (C=S) groups is 1. The molecule has 2 rings (SSSR count). The van der Waals surface area contributed by atoms with E-state index in [0.717, 1.165) is 11.4 Å². The van der Waals surface area contributed by atoms with E-state index >= 15 is 0 Å². The van der Waals surface area contributed by atoms with Gasteiger partial charge in [-0.1, -0.05) is 12.2 Å². The number of nitrogens with two attached hydrogens (primary N) is 1. The third-order valence-corrected chi connectivity index (χ3v) is 3.00. The van der Waals surface area contributed by atoms with Crippen molar-refractivity contribution in [3.8, 4) is 0 Å². The molecule has 1 aromatic carbocycles. The predicted octanol–water partition coefficient (Wildman–Crippen LogP) is 2.72. The van der Waals surface area contributed by atoms with Crippen LogP contribution in [-0.2, 0) is 0 Å². The number of halogens is 1. The molecule has 104 valence electrons. The normalized spacial score (nSPS) is 10.3. The average Bonchev–Trinajstić information content (AvgIpc) is 2.41. The summed E-state index contributed by atoms with van der Waals surface area (Å²) in [5.74, 6) is 0.223. The minimum absolute atomic E-state index is 0.229. The molecular formula is C14H15FN4S. The van der Waals surface area contributed by atoms with Crippen LogP contribution in [0.2, 0.25) is 0 Å². The monoisotopic (exact) mass is 290 g/mol. The molecule has 4 nitrogen and oxygen atoms in total. The Labute approximate surface area is 122 Å². The zero-order valence-corrected chi connectivity index (χ0v) is 12.1. The van der Waals surface area contributed by atoms with Gasteiger partial charge in [-0.2, -0.15) is 0 Å². The molecule has 2 N–H and O–H groups in total. The number of hydrogen-bond acceptors (Lipinski definition) is 4. The fourth-order valence-corrected chi connectivity index (χ4v) is 1.96. The average molecular weight is 290 g/mol. The topological polar surface area (TPSA) is 55.0 Å². The summed E-state index contributed by atoms with van der Waals surface area (Å²) >= 11 is 4.96. The van der Waals surface area contributed by atoms with Crippen molar-refractivity contribution < 1.29 is 4.39 Å². The van der Waals surface area contributed by atoms with Crippen LogP contribution in [0.15, 0.2) is 30.3 Å². The fourth-order valence-electron chi connectivity index (χ4n) is 1.86. The van der Waals surface area contributed by atoms with E-state index < -0.39 is 0 Å². The largest absolute Gasteiger partial charge is 0.388 e. The Kier molecular flexibility index (Phi) is 4.24. The quantitative estimate of drug-likeness (QED) is 0.877. The maximum absolute atomic E-state index is 13.0. The van der Waals surface area contributed by atoms with Gasteiger partial charge in [0.1, 0.15) is 16.5 Å². The highest BCUT2D eigenvalue weighted by molar-refractivity contribution is 7.80. The summed E-state index contributed by atoms with van der Waals surface area (Å²) in [5, 5.41) is 0. The summed E-state index contributed by atoms with van der Waals surface area (Å²) in [6, 6.07) is 7.92. The van der Waals surface area contributed by atoms with Crippen molar-refractivity contribution in [2.24, 2.45) is 5.73 Å². The van der Waals surface area contributed by atoms with Gasteiger partial charge < -0.3 is 10.6 Å². The Bertz CT molecular complexity index is 628. The van der Waals surface area contributed by atoms with Crippen LogP contribution < -0.4 is 10.6 Å². The molecular weight excluding hydrogens is 275 g/mol. The Morgan fingerprint density at radius 3 is 2.50 bits per heavy atom. The van der Waals surface area contributed by atoms with Crippen molar-refractivity contribution in [2.75, 3.05) is 11.4 Å². The van der Waals surface area contributed by atoms with Gasteiger partial charge in [-0.05, 0) is 44.2 Å². The minimum atomic E-state index is -0.279. The maximum Gasteiger partial charge on any atom is 0.230 e. The molecule has 2 aromatic rings. The third kappa shape index (κ3) is 3.08. The van der Waals surface area contributed by atoms with Crippen molar-refractivity contribution in [1.82, 2.24) is 9.97 Å². The van der Waals surface area contributed by atoms with Gasteiger partial charge in [0, 0.05) is 17.9 Å². The Hall–Kier alpha value is -2.08. The molecule has 1 aromatic heterocycles. The molecule has 0 aliphatic rings. The van der Waals surface area contributed by atoms with E-state index in [4.69, 9.17) is 18.0 Å². The lowest BCUT2D eigenvalue weighted by atomic mass is 10.3. The second kappa shape index (κ2) is 5.92. The minimum Gasteiger partial charge on any atom is -0.388 e. The van der Waals surface area contributed by atoms with E-state index in [9.17, 15) is 4.39 Å². The second-order valence-electron chi connectivity index (χ2n) is 4.28. The van der Waals surface area contributed by atoms with Gasteiger partial charge in [0.25, 0.3) is 0 Å². The van der Waals surface area contributed by atoms with Crippen molar-refractivity contribution >= 4 is 28.8 Å². The number of aryl methyl sites for hydroxylation is 1. The molecule has 0 aliphatic carbocycles. The summed E-state index contributed by atoms with van der Waals surface area (Å²) in [7, 11) is 0. The van der Waals surface area contributed by atoms with E-state index in [1.807, 2.05) is 18.7 Å². The Morgan fingerprint density at radius 1 is 1.30 bits per heavy atom. The SMILES string of the molecule is CCN(c1ccc(F)cc1)c1nc(C)cc(C(N)=S)n1. The smallest absolute Gasteiger partial charge is 0.230 e. The van der Waals surface area contributed by atoms with Crippen molar-refractivity contribution in [1.29, 1.82) is 0 Å². The molecule has 0 fully saturated rings. The first kappa shape index (κ1) is 14.3. The summed E-state index contributed by atoms with van der Waals surface area (Å²) < 4.78 is 13.0. The summed E-state index contributed by atoms with van der Waals surface area (Å²) in [6.07, 6.45) is 0. The molecule has 0 aliphatic heterocycles. The van der Waals surface area contributed by atoms with Crippen molar-refractivity contribution in [3.63, 3.8) is 0 Å². The van der Waals surface area contributed by atoms with Gasteiger partial charge in [-0.15, -0.1) is 0 Å². The molecule has 0 bridgehead atoms. The summed E-state index contributed by atoms with van der Waals surface area (Å²) in [5.41, 5.74) is 7.74. The number of hydrogen-bond donors (Lipinski definition) is 1. The maximum atomic E-state index is 13.0. The molecule has 0 saturated carbocycles. The van der Waals surface area contributed by atoms with Crippen LogP contribution in [-0.4, -0.2) is 21.5 Å². The standard InChI is InChI=1S/C14H15FN4S/c1-3-19(11-6-4-10(15)5-7-11)14-17-9(2)8-12(18-14)13(16)20/h4-8H,3H2,1-2H3,(H2,16,20). The van der Waals surface area contributed by atoms with Gasteiger partial charge in [0.05, 0.1) is 0 Å². The predicted molar refractivity (Wildman–Crippen MR) is 81.7 cm³/mol. The number of aromatic nitrogens is 2. The first-order valence-electron chi connectivity index (χ1n) is 6.20. The van der Waals surface area contributed by atoms with Crippen LogP contribution in [0.3, 0.4) is 0 Å². The zero-order valence-electron chi connectivity index (χ0n) is 11.3. The van der Waals surface area contributed by atoms with Gasteiger partial charge >= 0.3 is 0 Å². The number of nitrogens with zero attached hydrogens (tertiary/aromatic N) is 3. The first-order chi connectivity index (χ1) is 9.51. The van der Waals surface area contributed by atoms with Gasteiger partial charge in [0.2, 0.25) is 5.95 Å². The molecule has 0 spiro atoms. The number of anilines is 2. The molecule has 0 radical (unpaired) electrons. The first-order valence-corrected chi connectivity index (χ1v) is 6.60. The molecule has 0 unspecified atom stereocenters. The van der Waals surface area contributed by atoms with Crippen molar-refractivity contribution in [3.05, 3.63) is 47.5 Å². The molecule has 6 heteroatoms. The lowest BCUT2D eigenvalue weighted by molar-refractivity contribution is 0.627. The van der Waals surface area contributed by atoms with Gasteiger partial charge in [-0.3, -0.25) is 0 Å². The molecule has 0 atom stereocenters. The second-order valence-corrected chi connectivity index (χ2v) is 4.72. The Balaban J connectivity index is 2.46. The molecule has 0 saturated heterocycles. The van der Waals surface area contributed by atoms with Crippen LogP contribution >= 0.6 is 12.2 Å². The Morgan fingerprint density at radius 2 is 1.95 bits per heavy atom. The van der Waals surface area contributed by atoms with E-state index in [1.165, 1.54) is 12.1 Å². The lowest BCUT2D eigenvalue weighted by Gasteiger charge is -2.21. The zero-order chi connectivity index (χ0) is 14.7. The van der Waals surface area contributed by atoms with E-state index in [2.05, 4.69) is 9.97 Å². The highest BCUT2D eigenvalue weighted by Crippen LogP contribution is 2.22. The van der Waals surface area contributed by atoms with Gasteiger partial charge in [-0.25, -0.2) is 14.4 Å². The van der Waals surface area contributed by atoms with Crippen LogP contribution in [0.5, 0.6) is 0 Å². The summed E-state index contributed by atoms with van der Waals surface area (Å²) in [6.45, 7) is 4.47. The number of benzene rings is 1. The lowest BCUT2D eigenvalue weighted by Crippen LogP contribution is -2.21. The van der Waals surface area contributed by atoms with Crippen LogP contribution in [0.1, 0.15) is 18.3 Å². The summed E-state index contributed by atoms with van der Waals surface area (Å²) in [4.78, 5) is 10.8.